The van der Waals surface area contributed by atoms with Crippen LogP contribution in [0.5, 0.6) is 0 Å². The summed E-state index contributed by atoms with van der Waals surface area (Å²) in [6, 6.07) is 50.9. The third-order valence-corrected chi connectivity index (χ3v) is 10.3. The lowest BCUT2D eigenvalue weighted by molar-refractivity contribution is 0.590. The largest absolute Gasteiger partial charge is 0.0725 e. The van der Waals surface area contributed by atoms with Crippen LogP contribution >= 0.6 is 0 Å². The van der Waals surface area contributed by atoms with E-state index in [1.165, 1.54) is 77.9 Å². The number of rotatable bonds is 2. The lowest BCUT2D eigenvalue weighted by Crippen LogP contribution is -2.26. The molecule has 0 bridgehead atoms. The lowest BCUT2D eigenvalue weighted by atomic mass is 9.70. The van der Waals surface area contributed by atoms with Gasteiger partial charge in [-0.05, 0) is 101 Å². The van der Waals surface area contributed by atoms with Crippen LogP contribution in [-0.4, -0.2) is 0 Å². The van der Waals surface area contributed by atoms with E-state index in [0.29, 0.717) is 0 Å². The highest BCUT2D eigenvalue weighted by molar-refractivity contribution is 5.96. The van der Waals surface area contributed by atoms with Crippen LogP contribution in [-0.2, 0) is 16.2 Å². The number of fused-ring (bicyclic) bond motifs is 10. The molecule has 220 valence electrons. The lowest BCUT2D eigenvalue weighted by Gasteiger charge is -2.31. The molecular weight excluding hydrogens is 540 g/mol. The van der Waals surface area contributed by atoms with Gasteiger partial charge in [0.1, 0.15) is 0 Å². The van der Waals surface area contributed by atoms with E-state index >= 15 is 0 Å². The van der Waals surface area contributed by atoms with Gasteiger partial charge in [0.2, 0.25) is 0 Å². The van der Waals surface area contributed by atoms with Gasteiger partial charge in [0.15, 0.2) is 0 Å². The van der Waals surface area contributed by atoms with E-state index in [-0.39, 0.29) is 16.2 Å². The van der Waals surface area contributed by atoms with E-state index in [2.05, 4.69) is 175 Å². The molecule has 0 nitrogen and oxygen atoms in total. The average molecular weight is 581 g/mol. The van der Waals surface area contributed by atoms with Crippen molar-refractivity contribution in [3.63, 3.8) is 0 Å². The number of benzene rings is 6. The fourth-order valence-electron chi connectivity index (χ4n) is 7.82. The Bertz CT molecular complexity index is 1940. The molecule has 0 atom stereocenters. The van der Waals surface area contributed by atoms with Gasteiger partial charge in [-0.15, -0.1) is 0 Å². The molecular formula is C45H40. The van der Waals surface area contributed by atoms with E-state index in [9.17, 15) is 0 Å². The summed E-state index contributed by atoms with van der Waals surface area (Å²) in [6.45, 7) is 13.7. The maximum absolute atomic E-state index is 2.48. The highest BCUT2D eigenvalue weighted by Gasteiger charge is 2.51. The van der Waals surface area contributed by atoms with Gasteiger partial charge in [0, 0.05) is 0 Å². The van der Waals surface area contributed by atoms with Gasteiger partial charge < -0.3 is 0 Å². The molecule has 0 fully saturated rings. The zero-order valence-corrected chi connectivity index (χ0v) is 27.2. The number of hydrogen-bond acceptors (Lipinski definition) is 0. The van der Waals surface area contributed by atoms with Crippen LogP contribution in [0.25, 0.3) is 44.5 Å². The van der Waals surface area contributed by atoms with Gasteiger partial charge in [-0.1, -0.05) is 163 Å². The van der Waals surface area contributed by atoms with Crippen molar-refractivity contribution in [1.29, 1.82) is 0 Å². The maximum Gasteiger partial charge on any atom is 0.0725 e. The fraction of sp³-hybridized carbons (Fsp3) is 0.200. The first-order valence-electron chi connectivity index (χ1n) is 16.3. The molecule has 0 amide bonds. The highest BCUT2D eigenvalue weighted by Crippen LogP contribution is 2.63. The zero-order chi connectivity index (χ0) is 31.1. The molecule has 6 aromatic rings. The van der Waals surface area contributed by atoms with Crippen molar-refractivity contribution < 1.29 is 0 Å². The molecule has 45 heavy (non-hydrogen) atoms. The molecule has 2 aliphatic carbocycles. The predicted octanol–water partition coefficient (Wildman–Crippen LogP) is 12.0. The first kappa shape index (κ1) is 27.8. The summed E-state index contributed by atoms with van der Waals surface area (Å²) in [5.41, 5.74) is 18.5. The Kier molecular flexibility index (Phi) is 5.97. The summed E-state index contributed by atoms with van der Waals surface area (Å²) in [4.78, 5) is 0. The molecule has 6 aromatic carbocycles. The van der Waals surface area contributed by atoms with Crippen molar-refractivity contribution in [3.05, 3.63) is 167 Å². The molecule has 0 saturated heterocycles. The van der Waals surface area contributed by atoms with Gasteiger partial charge in [-0.3, -0.25) is 0 Å². The Morgan fingerprint density at radius 1 is 0.333 bits per heavy atom. The van der Waals surface area contributed by atoms with Crippen LogP contribution in [0.3, 0.4) is 0 Å². The van der Waals surface area contributed by atoms with Gasteiger partial charge in [-0.2, -0.15) is 0 Å². The van der Waals surface area contributed by atoms with Crippen molar-refractivity contribution >= 4 is 0 Å². The molecule has 0 N–H and O–H groups in total. The summed E-state index contributed by atoms with van der Waals surface area (Å²) in [5, 5.41) is 0. The molecule has 0 heterocycles. The Morgan fingerprint density at radius 2 is 0.667 bits per heavy atom. The van der Waals surface area contributed by atoms with Gasteiger partial charge in [0.05, 0.1) is 5.41 Å². The molecule has 0 saturated carbocycles. The Balaban J connectivity index is 1.37. The minimum atomic E-state index is -0.374. The molecule has 2 aliphatic rings. The number of hydrogen-bond donors (Lipinski definition) is 0. The molecule has 1 spiro atoms. The first-order valence-corrected chi connectivity index (χ1v) is 16.3. The van der Waals surface area contributed by atoms with Crippen molar-refractivity contribution in [2.75, 3.05) is 0 Å². The summed E-state index contributed by atoms with van der Waals surface area (Å²) in [7, 11) is 0. The van der Waals surface area contributed by atoms with Gasteiger partial charge in [0.25, 0.3) is 0 Å². The normalized spacial score (nSPS) is 14.2. The second-order valence-electron chi connectivity index (χ2n) is 15.0. The van der Waals surface area contributed by atoms with Crippen LogP contribution in [0.1, 0.15) is 74.9 Å². The summed E-state index contributed by atoms with van der Waals surface area (Å²) < 4.78 is 0. The molecule has 0 unspecified atom stereocenters. The van der Waals surface area contributed by atoms with Crippen LogP contribution in [0.15, 0.2) is 133 Å². The molecule has 0 radical (unpaired) electrons. The third kappa shape index (κ3) is 4.12. The monoisotopic (exact) mass is 580 g/mol. The van der Waals surface area contributed by atoms with E-state index in [1.807, 2.05) is 0 Å². The Morgan fingerprint density at radius 3 is 1.04 bits per heavy atom. The van der Waals surface area contributed by atoms with Gasteiger partial charge in [-0.25, -0.2) is 0 Å². The Labute approximate surface area is 268 Å². The first-order chi connectivity index (χ1) is 21.6. The second-order valence-corrected chi connectivity index (χ2v) is 15.0. The van der Waals surface area contributed by atoms with Crippen molar-refractivity contribution in [2.24, 2.45) is 0 Å². The van der Waals surface area contributed by atoms with Crippen molar-refractivity contribution in [3.8, 4) is 44.5 Å². The van der Waals surface area contributed by atoms with E-state index in [0.717, 1.165) is 0 Å². The van der Waals surface area contributed by atoms with Crippen molar-refractivity contribution in [2.45, 2.75) is 57.8 Å². The second kappa shape index (κ2) is 9.66. The minimum absolute atomic E-state index is 0.129. The summed E-state index contributed by atoms with van der Waals surface area (Å²) in [6.07, 6.45) is 0. The van der Waals surface area contributed by atoms with E-state index in [4.69, 9.17) is 0 Å². The topological polar surface area (TPSA) is 0 Å². The Hall–Kier alpha value is -4.68. The zero-order valence-electron chi connectivity index (χ0n) is 27.2. The van der Waals surface area contributed by atoms with Gasteiger partial charge >= 0.3 is 0 Å². The van der Waals surface area contributed by atoms with E-state index in [1.54, 1.807) is 0 Å². The maximum atomic E-state index is 2.48. The molecule has 0 aromatic heterocycles. The molecule has 8 rings (SSSR count). The highest BCUT2D eigenvalue weighted by atomic mass is 14.5. The van der Waals surface area contributed by atoms with Crippen LogP contribution in [0.4, 0.5) is 0 Å². The van der Waals surface area contributed by atoms with Crippen molar-refractivity contribution in [1.82, 2.24) is 0 Å². The smallest absolute Gasteiger partial charge is 0.0619 e. The SMILES string of the molecule is CC(C)(C)c1ccc(-c2ccc3c(c2)C2(c4ccccc4-c4ccccc42)c2cc(-c4ccc(C(C)(C)C)cc4)ccc2-3)cc1. The van der Waals surface area contributed by atoms with Crippen LogP contribution < -0.4 is 0 Å². The average Bonchev–Trinajstić information content (AvgIpc) is 3.51. The van der Waals surface area contributed by atoms with Crippen LogP contribution in [0.2, 0.25) is 0 Å². The molecule has 0 aliphatic heterocycles. The van der Waals surface area contributed by atoms with Crippen LogP contribution in [0, 0.1) is 0 Å². The fourth-order valence-corrected chi connectivity index (χ4v) is 7.82. The quantitative estimate of drug-likeness (QED) is 0.191. The summed E-state index contributed by atoms with van der Waals surface area (Å²) >= 11 is 0. The predicted molar refractivity (Wildman–Crippen MR) is 191 cm³/mol. The standard InChI is InChI=1S/C45H40/c1-43(2,3)33-21-15-29(16-22-33)31-19-25-37-38-26-20-32(30-17-23-34(24-18-30)44(4,5)6)28-42(38)45(41(37)27-31)39-13-9-7-11-35(39)36-12-8-10-14-40(36)45/h7-28H,1-6H3. The summed E-state index contributed by atoms with van der Waals surface area (Å²) in [5.74, 6) is 0. The third-order valence-electron chi connectivity index (χ3n) is 10.3. The van der Waals surface area contributed by atoms with E-state index < -0.39 is 0 Å². The molecule has 0 heteroatoms. The minimum Gasteiger partial charge on any atom is -0.0619 e.